The highest BCUT2D eigenvalue weighted by Gasteiger charge is 2.25. The fourth-order valence-corrected chi connectivity index (χ4v) is 4.05. The van der Waals surface area contributed by atoms with E-state index < -0.39 is 0 Å². The highest BCUT2D eigenvalue weighted by molar-refractivity contribution is 8.13. The van der Waals surface area contributed by atoms with E-state index in [9.17, 15) is 9.59 Å². The highest BCUT2D eigenvalue weighted by Crippen LogP contribution is 2.18. The molecule has 2 heterocycles. The van der Waals surface area contributed by atoms with Crippen LogP contribution in [-0.2, 0) is 11.3 Å². The average molecular weight is 368 g/mol. The molecule has 0 aromatic heterocycles. The van der Waals surface area contributed by atoms with Crippen LogP contribution in [0, 0.1) is 0 Å². The van der Waals surface area contributed by atoms with E-state index in [4.69, 9.17) is 11.6 Å². The number of halogens is 1. The van der Waals surface area contributed by atoms with Crippen LogP contribution in [0.4, 0.5) is 4.79 Å². The maximum absolute atomic E-state index is 12.1. The van der Waals surface area contributed by atoms with Gasteiger partial charge in [0.05, 0.1) is 0 Å². The molecule has 0 atom stereocenters. The van der Waals surface area contributed by atoms with Crippen LogP contribution < -0.4 is 5.32 Å². The van der Waals surface area contributed by atoms with Crippen molar-refractivity contribution in [3.8, 4) is 0 Å². The van der Waals surface area contributed by atoms with Gasteiger partial charge in [-0.3, -0.25) is 14.5 Å². The molecule has 5 nitrogen and oxygen atoms in total. The smallest absolute Gasteiger partial charge is 0.282 e. The van der Waals surface area contributed by atoms with Crippen molar-refractivity contribution in [2.75, 3.05) is 31.9 Å². The van der Waals surface area contributed by atoms with E-state index in [0.717, 1.165) is 43.3 Å². The van der Waals surface area contributed by atoms with Crippen molar-refractivity contribution in [3.05, 3.63) is 34.9 Å². The first kappa shape index (κ1) is 17.6. The predicted molar refractivity (Wildman–Crippen MR) is 97.3 cm³/mol. The number of amides is 2. The lowest BCUT2D eigenvalue weighted by Crippen LogP contribution is -2.47. The fourth-order valence-electron chi connectivity index (χ4n) is 3.10. The van der Waals surface area contributed by atoms with E-state index in [1.165, 1.54) is 17.3 Å². The summed E-state index contributed by atoms with van der Waals surface area (Å²) in [5.74, 6) is 0.747. The molecule has 1 aromatic rings. The van der Waals surface area contributed by atoms with Crippen molar-refractivity contribution in [2.24, 2.45) is 0 Å². The van der Waals surface area contributed by atoms with Crippen LogP contribution in [0.2, 0.25) is 5.02 Å². The van der Waals surface area contributed by atoms with Gasteiger partial charge >= 0.3 is 0 Å². The SMILES string of the molecule is O=C(CN1CCSC1=O)NC1CCN(Cc2ccc(Cl)cc2)CC1. The molecule has 0 saturated carbocycles. The Morgan fingerprint density at radius 3 is 2.54 bits per heavy atom. The average Bonchev–Trinajstić information content (AvgIpc) is 2.96. The van der Waals surface area contributed by atoms with Gasteiger partial charge in [-0.15, -0.1) is 0 Å². The predicted octanol–water partition coefficient (Wildman–Crippen LogP) is 2.59. The summed E-state index contributed by atoms with van der Waals surface area (Å²) in [5, 5.41) is 3.85. The molecule has 0 unspecified atom stereocenters. The summed E-state index contributed by atoms with van der Waals surface area (Å²) >= 11 is 7.20. The van der Waals surface area contributed by atoms with Crippen LogP contribution in [0.3, 0.4) is 0 Å². The monoisotopic (exact) mass is 367 g/mol. The van der Waals surface area contributed by atoms with Crippen molar-refractivity contribution in [2.45, 2.75) is 25.4 Å². The fraction of sp³-hybridized carbons (Fsp3) is 0.529. The minimum atomic E-state index is -0.0398. The van der Waals surface area contributed by atoms with Crippen LogP contribution in [0.15, 0.2) is 24.3 Å². The first-order chi connectivity index (χ1) is 11.6. The van der Waals surface area contributed by atoms with Crippen LogP contribution >= 0.6 is 23.4 Å². The normalized spacial score (nSPS) is 19.7. The van der Waals surface area contributed by atoms with E-state index in [0.29, 0.717) is 6.54 Å². The van der Waals surface area contributed by atoms with Gasteiger partial charge in [-0.1, -0.05) is 35.5 Å². The van der Waals surface area contributed by atoms with Crippen LogP contribution in [-0.4, -0.2) is 58.9 Å². The van der Waals surface area contributed by atoms with E-state index >= 15 is 0 Å². The topological polar surface area (TPSA) is 52.7 Å². The second-order valence-corrected chi connectivity index (χ2v) is 7.76. The number of carbonyl (C=O) groups is 2. The maximum atomic E-state index is 12.1. The minimum absolute atomic E-state index is 0.0166. The van der Waals surface area contributed by atoms with Gasteiger partial charge in [0.15, 0.2) is 0 Å². The molecule has 130 valence electrons. The van der Waals surface area contributed by atoms with Gasteiger partial charge in [0.2, 0.25) is 5.91 Å². The quantitative estimate of drug-likeness (QED) is 0.869. The number of nitrogens with zero attached hydrogens (tertiary/aromatic N) is 2. The van der Waals surface area contributed by atoms with Crippen LogP contribution in [0.1, 0.15) is 18.4 Å². The van der Waals surface area contributed by atoms with Crippen molar-refractivity contribution >= 4 is 34.5 Å². The molecule has 2 saturated heterocycles. The summed E-state index contributed by atoms with van der Waals surface area (Å²) in [4.78, 5) is 27.6. The van der Waals surface area contributed by atoms with E-state index in [-0.39, 0.29) is 23.7 Å². The molecule has 2 amide bonds. The zero-order chi connectivity index (χ0) is 16.9. The summed E-state index contributed by atoms with van der Waals surface area (Å²) in [6.45, 7) is 3.71. The number of thioether (sulfide) groups is 1. The third-order valence-electron chi connectivity index (χ3n) is 4.45. The Morgan fingerprint density at radius 2 is 1.92 bits per heavy atom. The number of nitrogens with one attached hydrogen (secondary N) is 1. The van der Waals surface area contributed by atoms with Gasteiger partial charge < -0.3 is 10.2 Å². The van der Waals surface area contributed by atoms with Gasteiger partial charge in [0.25, 0.3) is 5.24 Å². The molecule has 1 aromatic carbocycles. The lowest BCUT2D eigenvalue weighted by atomic mass is 10.0. The Labute approximate surface area is 151 Å². The number of carbonyl (C=O) groups excluding carboxylic acids is 2. The van der Waals surface area contributed by atoms with Gasteiger partial charge in [-0.25, -0.2) is 0 Å². The number of likely N-dealkylation sites (tertiary alicyclic amines) is 1. The lowest BCUT2D eigenvalue weighted by Gasteiger charge is -2.32. The molecule has 2 aliphatic rings. The molecule has 7 heteroatoms. The van der Waals surface area contributed by atoms with Gasteiger partial charge in [0.1, 0.15) is 6.54 Å². The molecular weight excluding hydrogens is 346 g/mol. The first-order valence-corrected chi connectivity index (χ1v) is 9.64. The summed E-state index contributed by atoms with van der Waals surface area (Å²) in [6, 6.07) is 8.16. The van der Waals surface area contributed by atoms with Crippen molar-refractivity contribution < 1.29 is 9.59 Å². The molecule has 1 N–H and O–H groups in total. The lowest BCUT2D eigenvalue weighted by molar-refractivity contribution is -0.122. The number of rotatable bonds is 5. The van der Waals surface area contributed by atoms with Gasteiger partial charge in [-0.2, -0.15) is 0 Å². The number of hydrogen-bond acceptors (Lipinski definition) is 4. The number of piperidine rings is 1. The molecule has 2 aliphatic heterocycles. The van der Waals surface area contributed by atoms with Gasteiger partial charge in [-0.05, 0) is 30.5 Å². The van der Waals surface area contributed by atoms with Crippen LogP contribution in [0.5, 0.6) is 0 Å². The molecule has 0 radical (unpaired) electrons. The number of benzene rings is 1. The van der Waals surface area contributed by atoms with Crippen molar-refractivity contribution in [3.63, 3.8) is 0 Å². The Bertz CT molecular complexity index is 588. The standard InChI is InChI=1S/C17H22ClN3O2S/c18-14-3-1-13(2-4-14)11-20-7-5-15(6-8-20)19-16(22)12-21-9-10-24-17(21)23/h1-4,15H,5-12H2,(H,19,22). The third-order valence-corrected chi connectivity index (χ3v) is 5.60. The van der Waals surface area contributed by atoms with Crippen molar-refractivity contribution in [1.82, 2.24) is 15.1 Å². The molecule has 2 fully saturated rings. The molecule has 0 aliphatic carbocycles. The Hall–Kier alpha value is -1.24. The van der Waals surface area contributed by atoms with Crippen molar-refractivity contribution in [1.29, 1.82) is 0 Å². The molecule has 0 spiro atoms. The zero-order valence-corrected chi connectivity index (χ0v) is 15.1. The van der Waals surface area contributed by atoms with E-state index in [1.54, 1.807) is 4.90 Å². The van der Waals surface area contributed by atoms with Crippen LogP contribution in [0.25, 0.3) is 0 Å². The second kappa shape index (κ2) is 8.23. The molecule has 3 rings (SSSR count). The summed E-state index contributed by atoms with van der Waals surface area (Å²) in [6.07, 6.45) is 1.89. The molecule has 24 heavy (non-hydrogen) atoms. The highest BCUT2D eigenvalue weighted by atomic mass is 35.5. The first-order valence-electron chi connectivity index (χ1n) is 8.28. The number of hydrogen-bond donors (Lipinski definition) is 1. The van der Waals surface area contributed by atoms with E-state index in [1.807, 2.05) is 12.1 Å². The molecular formula is C17H22ClN3O2S. The summed E-state index contributed by atoms with van der Waals surface area (Å²) in [7, 11) is 0. The Morgan fingerprint density at radius 1 is 1.21 bits per heavy atom. The summed E-state index contributed by atoms with van der Waals surface area (Å²) < 4.78 is 0. The minimum Gasteiger partial charge on any atom is -0.352 e. The largest absolute Gasteiger partial charge is 0.352 e. The zero-order valence-electron chi connectivity index (χ0n) is 13.5. The Balaban J connectivity index is 1.39. The Kier molecular flexibility index (Phi) is 6.03. The summed E-state index contributed by atoms with van der Waals surface area (Å²) in [5.41, 5.74) is 1.26. The molecule has 0 bridgehead atoms. The maximum Gasteiger partial charge on any atom is 0.282 e. The van der Waals surface area contributed by atoms with E-state index in [2.05, 4.69) is 22.3 Å². The van der Waals surface area contributed by atoms with Gasteiger partial charge in [0, 0.05) is 43.0 Å². The third kappa shape index (κ3) is 4.88. The second-order valence-electron chi connectivity index (χ2n) is 6.28.